The van der Waals surface area contributed by atoms with Crippen molar-refractivity contribution in [3.05, 3.63) is 88.2 Å². The van der Waals surface area contributed by atoms with Crippen LogP contribution in [0, 0.1) is 38.9 Å². The number of hydrogen-bond acceptors (Lipinski definition) is 11. The number of anilines is 1. The number of unbranched alkanes of at least 4 members (excludes halogenated alkanes) is 2. The second kappa shape index (κ2) is 20.6. The first-order chi connectivity index (χ1) is 29.8. The lowest BCUT2D eigenvalue weighted by molar-refractivity contribution is -0.164. The van der Waals surface area contributed by atoms with Crippen LogP contribution in [0.2, 0.25) is 5.02 Å². The number of likely N-dealkylation sites (tertiary alicyclic amines) is 1. The van der Waals surface area contributed by atoms with Crippen molar-refractivity contribution in [2.45, 2.75) is 111 Å². The van der Waals surface area contributed by atoms with Gasteiger partial charge in [-0.05, 0) is 73.2 Å². The van der Waals surface area contributed by atoms with Crippen molar-refractivity contribution in [2.24, 2.45) is 16.2 Å². The Labute approximate surface area is 374 Å². The fourth-order valence-corrected chi connectivity index (χ4v) is 8.88. The van der Waals surface area contributed by atoms with E-state index in [9.17, 15) is 29.5 Å². The van der Waals surface area contributed by atoms with E-state index in [-0.39, 0.29) is 55.0 Å². The van der Waals surface area contributed by atoms with E-state index in [0.29, 0.717) is 46.3 Å². The van der Waals surface area contributed by atoms with Crippen LogP contribution in [0.25, 0.3) is 0 Å². The summed E-state index contributed by atoms with van der Waals surface area (Å²) in [6, 6.07) is 17.6. The Balaban J connectivity index is 0.991. The monoisotopic (exact) mass is 882 g/mol. The number of pyridine rings is 1. The van der Waals surface area contributed by atoms with Crippen LogP contribution in [-0.2, 0) is 25.7 Å². The highest BCUT2D eigenvalue weighted by Gasteiger charge is 2.64. The van der Waals surface area contributed by atoms with E-state index in [1.165, 1.54) is 11.1 Å². The van der Waals surface area contributed by atoms with E-state index >= 15 is 0 Å². The molecule has 3 aromatic rings. The molecule has 3 atom stereocenters. The summed E-state index contributed by atoms with van der Waals surface area (Å²) in [5.41, 5.74) is 1.28. The number of amides is 4. The number of carbonyl (C=O) groups excluding carboxylic acids is 4. The number of halogens is 1. The minimum Gasteiger partial charge on any atom is -0.489 e. The van der Waals surface area contributed by atoms with Gasteiger partial charge in [0.1, 0.15) is 42.7 Å². The minimum absolute atomic E-state index is 0.0434. The molecule has 0 bridgehead atoms. The summed E-state index contributed by atoms with van der Waals surface area (Å²) in [6.45, 7) is 14.6. The second-order valence-electron chi connectivity index (χ2n) is 18.5. The van der Waals surface area contributed by atoms with Crippen molar-refractivity contribution in [3.63, 3.8) is 0 Å². The van der Waals surface area contributed by atoms with Crippen LogP contribution < -0.4 is 26.0 Å². The molecule has 0 radical (unpaired) electrons. The van der Waals surface area contributed by atoms with Gasteiger partial charge in [0, 0.05) is 66.5 Å². The van der Waals surface area contributed by atoms with Crippen LogP contribution in [0.3, 0.4) is 0 Å². The third kappa shape index (κ3) is 12.0. The molecule has 4 amide bonds. The van der Waals surface area contributed by atoms with E-state index < -0.39 is 41.3 Å². The fraction of sp³-hybridized carbons (Fsp3) is 0.511. The van der Waals surface area contributed by atoms with Gasteiger partial charge in [-0.3, -0.25) is 24.2 Å². The number of nitrogens with one attached hydrogen (secondary N) is 4. The first kappa shape index (κ1) is 48.3. The minimum atomic E-state index is -0.971. The number of benzene rings is 2. The number of ether oxygens (including phenoxy) is 2. The summed E-state index contributed by atoms with van der Waals surface area (Å²) in [7, 11) is 0. The van der Waals surface area contributed by atoms with Crippen molar-refractivity contribution in [3.8, 4) is 17.9 Å². The van der Waals surface area contributed by atoms with E-state index in [2.05, 4.69) is 60.0 Å². The molecule has 2 aromatic carbocycles. The third-order valence-electron chi connectivity index (χ3n) is 11.8. The number of aliphatic hydroxyl groups is 1. The maximum absolute atomic E-state index is 13.8. The molecule has 16 heteroatoms. The predicted molar refractivity (Wildman–Crippen MR) is 237 cm³/mol. The first-order valence-electron chi connectivity index (χ1n) is 21.3. The van der Waals surface area contributed by atoms with E-state index in [0.717, 1.165) is 24.9 Å². The van der Waals surface area contributed by atoms with Gasteiger partial charge >= 0.3 is 0 Å². The Morgan fingerprint density at radius 2 is 1.70 bits per heavy atom. The summed E-state index contributed by atoms with van der Waals surface area (Å²) >= 11 is 6.23. The van der Waals surface area contributed by atoms with Crippen LogP contribution in [0.1, 0.15) is 101 Å². The van der Waals surface area contributed by atoms with Crippen molar-refractivity contribution in [1.82, 2.24) is 25.8 Å². The average molecular weight is 883 g/mol. The zero-order valence-electron chi connectivity index (χ0n) is 37.1. The number of nitriles is 2. The molecule has 1 aliphatic carbocycles. The smallest absolute Gasteiger partial charge is 0.251 e. The summed E-state index contributed by atoms with van der Waals surface area (Å²) in [4.78, 5) is 58.8. The zero-order valence-corrected chi connectivity index (χ0v) is 37.8. The average Bonchev–Trinajstić information content (AvgIpc) is 3.65. The number of nitrogens with zero attached hydrogens (tertiary/aromatic N) is 4. The number of carbonyl (C=O) groups is 4. The molecule has 1 saturated heterocycles. The standard InChI is InChI=1S/C47H59ClN8O7/c1-45(2,3)39(42(61)56-27-34(57)21-37(56)41(60)53-26-33-15-11-29(23-49)25-52-33)54-38(58)28-62-20-10-8-9-19-51-32-16-12-30(13-17-32)40(59)55-43-46(4,5)44(47(43,6)7)63-35-18-14-31(24-50)36(48)22-35/h11-18,22,25,34,37,39,43-44,51,57H,8-10,19-21,26-28H2,1-7H3,(H,53,60)(H,54,58)(H,55,59)/t34-,37+,39-,43?,44?/m1/s1. The Bertz CT molecular complexity index is 2180. The molecule has 1 saturated carbocycles. The molecule has 63 heavy (non-hydrogen) atoms. The molecule has 1 aromatic heterocycles. The van der Waals surface area contributed by atoms with Crippen LogP contribution in [0.15, 0.2) is 60.8 Å². The Morgan fingerprint density at radius 1 is 0.984 bits per heavy atom. The molecule has 5 rings (SSSR count). The maximum Gasteiger partial charge on any atom is 0.251 e. The highest BCUT2D eigenvalue weighted by atomic mass is 35.5. The molecule has 15 nitrogen and oxygen atoms in total. The van der Waals surface area contributed by atoms with Gasteiger partial charge in [-0.15, -0.1) is 0 Å². The molecule has 0 unspecified atom stereocenters. The lowest BCUT2D eigenvalue weighted by atomic mass is 9.49. The topological polar surface area (TPSA) is 219 Å². The first-order valence-corrected chi connectivity index (χ1v) is 21.6. The molecule has 2 fully saturated rings. The Hall–Kier alpha value is -5.74. The van der Waals surface area contributed by atoms with Gasteiger partial charge < -0.3 is 40.7 Å². The van der Waals surface area contributed by atoms with Crippen LogP contribution >= 0.6 is 11.6 Å². The molecule has 2 aliphatic rings. The van der Waals surface area contributed by atoms with Crippen LogP contribution in [-0.4, -0.2) is 95.3 Å². The quantitative estimate of drug-likeness (QED) is 0.101. The number of β-amino-alcohol motifs (C(OH)–C–C–N with tert-alkyl or cyclic N) is 1. The summed E-state index contributed by atoms with van der Waals surface area (Å²) in [5, 5.41) is 41.1. The molecule has 1 aliphatic heterocycles. The van der Waals surface area contributed by atoms with Crippen molar-refractivity contribution in [1.29, 1.82) is 10.5 Å². The normalized spacial score (nSPS) is 20.3. The maximum atomic E-state index is 13.8. The summed E-state index contributed by atoms with van der Waals surface area (Å²) in [6.07, 6.45) is 2.78. The lowest BCUT2D eigenvalue weighted by Gasteiger charge is -2.63. The van der Waals surface area contributed by atoms with Gasteiger partial charge in [0.25, 0.3) is 5.91 Å². The summed E-state index contributed by atoms with van der Waals surface area (Å²) < 4.78 is 12.0. The predicted octanol–water partition coefficient (Wildman–Crippen LogP) is 5.50. The van der Waals surface area contributed by atoms with Gasteiger partial charge in [0.05, 0.1) is 34.5 Å². The van der Waals surface area contributed by atoms with Gasteiger partial charge in [-0.25, -0.2) is 0 Å². The van der Waals surface area contributed by atoms with Crippen LogP contribution in [0.5, 0.6) is 5.75 Å². The molecular weight excluding hydrogens is 824 g/mol. The van der Waals surface area contributed by atoms with Crippen molar-refractivity contribution in [2.75, 3.05) is 31.6 Å². The lowest BCUT2D eigenvalue weighted by Crippen LogP contribution is -2.74. The van der Waals surface area contributed by atoms with Crippen molar-refractivity contribution < 1.29 is 33.8 Å². The highest BCUT2D eigenvalue weighted by molar-refractivity contribution is 6.31. The largest absolute Gasteiger partial charge is 0.489 e. The molecule has 5 N–H and O–H groups in total. The van der Waals surface area contributed by atoms with Crippen molar-refractivity contribution >= 4 is 40.9 Å². The molecule has 2 heterocycles. The van der Waals surface area contributed by atoms with E-state index in [1.54, 1.807) is 42.5 Å². The van der Waals surface area contributed by atoms with Gasteiger partial charge in [-0.1, -0.05) is 60.1 Å². The molecule has 0 spiro atoms. The van der Waals surface area contributed by atoms with Crippen LogP contribution in [0.4, 0.5) is 5.69 Å². The van der Waals surface area contributed by atoms with E-state index in [4.69, 9.17) is 26.3 Å². The third-order valence-corrected chi connectivity index (χ3v) is 12.1. The van der Waals surface area contributed by atoms with Gasteiger partial charge in [0.15, 0.2) is 0 Å². The molecular formula is C47H59ClN8O7. The second-order valence-corrected chi connectivity index (χ2v) is 19.0. The summed E-state index contributed by atoms with van der Waals surface area (Å²) in [5.74, 6) is -0.971. The van der Waals surface area contributed by atoms with E-state index in [1.807, 2.05) is 39.0 Å². The van der Waals surface area contributed by atoms with Gasteiger partial charge in [-0.2, -0.15) is 10.5 Å². The Morgan fingerprint density at radius 3 is 2.32 bits per heavy atom. The molecule has 336 valence electrons. The van der Waals surface area contributed by atoms with Gasteiger partial charge in [0.2, 0.25) is 17.7 Å². The SMILES string of the molecule is CC1(C)C(NC(=O)c2ccc(NCCCCCOCC(=O)N[C@H](C(=O)N3C[C@H](O)C[C@H]3C(=O)NCc3ccc(C#N)cn3)C(C)(C)C)cc2)C(C)(C)C1Oc1ccc(C#N)c(Cl)c1. The fourth-order valence-electron chi connectivity index (χ4n) is 8.67. The number of aliphatic hydroxyl groups excluding tert-OH is 1. The highest BCUT2D eigenvalue weighted by Crippen LogP contribution is 2.55. The zero-order chi connectivity index (χ0) is 46.1. The number of rotatable bonds is 18. The Kier molecular flexibility index (Phi) is 15.8. The number of hydrogen-bond donors (Lipinski definition) is 5. The number of aromatic nitrogens is 1.